The lowest BCUT2D eigenvalue weighted by molar-refractivity contribution is -0.147. The van der Waals surface area contributed by atoms with Crippen LogP contribution in [-0.4, -0.2) is 39.7 Å². The van der Waals surface area contributed by atoms with E-state index in [-0.39, 0.29) is 10.9 Å². The molecule has 0 N–H and O–H groups in total. The molecule has 1 fully saturated rings. The van der Waals surface area contributed by atoms with Gasteiger partial charge in [0.1, 0.15) is 6.04 Å². The van der Waals surface area contributed by atoms with E-state index in [1.54, 1.807) is 13.0 Å². The van der Waals surface area contributed by atoms with Crippen molar-refractivity contribution in [3.8, 4) is 5.69 Å². The molecular formula is C28H24N2O4S. The quantitative estimate of drug-likeness (QED) is 0.216. The van der Waals surface area contributed by atoms with Crippen molar-refractivity contribution in [2.45, 2.75) is 26.3 Å². The Hall–Kier alpha value is -3.97. The molecule has 0 spiro atoms. The van der Waals surface area contributed by atoms with Crippen molar-refractivity contribution in [1.29, 1.82) is 0 Å². The number of aromatic nitrogens is 1. The molecule has 0 aliphatic carbocycles. The van der Waals surface area contributed by atoms with Crippen LogP contribution in [0.25, 0.3) is 33.6 Å². The number of carbonyl (C=O) groups is 2. The fraction of sp³-hybridized carbons (Fsp3) is 0.179. The van der Waals surface area contributed by atoms with Gasteiger partial charge in [-0.1, -0.05) is 43.3 Å². The fourth-order valence-corrected chi connectivity index (χ4v) is 4.98. The third kappa shape index (κ3) is 3.78. The summed E-state index contributed by atoms with van der Waals surface area (Å²) in [6.07, 6.45) is 2.49. The second kappa shape index (κ2) is 9.00. The van der Waals surface area contributed by atoms with Gasteiger partial charge < -0.3 is 14.0 Å². The van der Waals surface area contributed by atoms with Crippen molar-refractivity contribution in [2.75, 3.05) is 7.11 Å². The van der Waals surface area contributed by atoms with Crippen molar-refractivity contribution >= 4 is 57.2 Å². The van der Waals surface area contributed by atoms with E-state index in [9.17, 15) is 9.59 Å². The SMILES string of the molecule is CCc1cc(C=C2OC(=S)N(C(C)C(=O)OC)C2=O)cc2c3ccccc3n(-c3ccccc3)c12. The van der Waals surface area contributed by atoms with Crippen molar-refractivity contribution in [3.05, 3.63) is 83.6 Å². The van der Waals surface area contributed by atoms with E-state index in [0.29, 0.717) is 0 Å². The van der Waals surface area contributed by atoms with Crippen molar-refractivity contribution in [2.24, 2.45) is 0 Å². The van der Waals surface area contributed by atoms with Crippen LogP contribution < -0.4 is 0 Å². The summed E-state index contributed by atoms with van der Waals surface area (Å²) < 4.78 is 12.7. The van der Waals surface area contributed by atoms with Gasteiger partial charge >= 0.3 is 5.97 Å². The molecule has 5 rings (SSSR count). The smallest absolute Gasteiger partial charge is 0.328 e. The van der Waals surface area contributed by atoms with Crippen LogP contribution in [0.15, 0.2) is 72.5 Å². The topological polar surface area (TPSA) is 60.8 Å². The number of hydrogen-bond acceptors (Lipinski definition) is 5. The number of carbonyl (C=O) groups excluding carboxylic acids is 2. The second-order valence-electron chi connectivity index (χ2n) is 8.37. The lowest BCUT2D eigenvalue weighted by Crippen LogP contribution is -2.42. The number of para-hydroxylation sites is 2. The maximum Gasteiger partial charge on any atom is 0.328 e. The molecule has 35 heavy (non-hydrogen) atoms. The summed E-state index contributed by atoms with van der Waals surface area (Å²) >= 11 is 5.23. The van der Waals surface area contributed by atoms with E-state index in [1.807, 2.05) is 30.3 Å². The predicted molar refractivity (Wildman–Crippen MR) is 140 cm³/mol. The number of esters is 1. The van der Waals surface area contributed by atoms with E-state index in [1.165, 1.54) is 7.11 Å². The molecule has 0 saturated carbocycles. The Kier molecular flexibility index (Phi) is 5.86. The molecule has 3 aromatic carbocycles. The van der Waals surface area contributed by atoms with Crippen molar-refractivity contribution < 1.29 is 19.1 Å². The van der Waals surface area contributed by atoms with Gasteiger partial charge in [-0.3, -0.25) is 9.69 Å². The lowest BCUT2D eigenvalue weighted by Gasteiger charge is -2.18. The monoisotopic (exact) mass is 484 g/mol. The number of nitrogens with zero attached hydrogens (tertiary/aromatic N) is 2. The number of fused-ring (bicyclic) bond motifs is 3. The number of aryl methyl sites for hydroxylation is 1. The predicted octanol–water partition coefficient (Wildman–Crippen LogP) is 5.39. The van der Waals surface area contributed by atoms with E-state index in [4.69, 9.17) is 21.7 Å². The zero-order valence-electron chi connectivity index (χ0n) is 19.6. The van der Waals surface area contributed by atoms with E-state index < -0.39 is 17.9 Å². The Labute approximate surface area is 208 Å². The number of rotatable bonds is 5. The third-order valence-corrected chi connectivity index (χ3v) is 6.60. The summed E-state index contributed by atoms with van der Waals surface area (Å²) in [6.45, 7) is 3.67. The number of methoxy groups -OCH3 is 1. The fourth-order valence-electron chi connectivity index (χ4n) is 4.64. The number of thiocarbonyl (C=S) groups is 1. The molecule has 1 aromatic heterocycles. The highest BCUT2D eigenvalue weighted by atomic mass is 32.1. The largest absolute Gasteiger partial charge is 0.467 e. The Morgan fingerprint density at radius 3 is 2.51 bits per heavy atom. The summed E-state index contributed by atoms with van der Waals surface area (Å²) in [5.41, 5.74) is 5.30. The molecule has 176 valence electrons. The van der Waals surface area contributed by atoms with Gasteiger partial charge in [0.05, 0.1) is 18.1 Å². The molecule has 0 bridgehead atoms. The van der Waals surface area contributed by atoms with Gasteiger partial charge in [0, 0.05) is 16.5 Å². The van der Waals surface area contributed by atoms with Gasteiger partial charge in [0.2, 0.25) is 0 Å². The number of hydrogen-bond donors (Lipinski definition) is 0. The molecule has 1 aliphatic heterocycles. The molecule has 1 atom stereocenters. The zero-order valence-corrected chi connectivity index (χ0v) is 20.5. The molecule has 1 amide bonds. The van der Waals surface area contributed by atoms with E-state index >= 15 is 0 Å². The van der Waals surface area contributed by atoms with Crippen LogP contribution in [0.3, 0.4) is 0 Å². The van der Waals surface area contributed by atoms with Crippen LogP contribution in [0.4, 0.5) is 0 Å². The summed E-state index contributed by atoms with van der Waals surface area (Å²) in [5, 5.41) is 2.15. The second-order valence-corrected chi connectivity index (χ2v) is 8.72. The van der Waals surface area contributed by atoms with E-state index in [0.717, 1.165) is 49.9 Å². The van der Waals surface area contributed by atoms with Gasteiger partial charge in [-0.25, -0.2) is 4.79 Å². The normalized spacial score (nSPS) is 15.7. The first-order valence-electron chi connectivity index (χ1n) is 11.4. The standard InChI is InChI=1S/C28H24N2O4S/c1-4-19-14-18(16-24-26(31)29(28(35)34-24)17(2)27(32)33-3)15-22-21-12-8-9-13-23(21)30(25(19)22)20-10-6-5-7-11-20/h5-17H,4H2,1-3H3. The van der Waals surface area contributed by atoms with Crippen LogP contribution in [0.5, 0.6) is 0 Å². The first-order chi connectivity index (χ1) is 16.9. The molecule has 4 aromatic rings. The van der Waals surface area contributed by atoms with Crippen LogP contribution in [0.1, 0.15) is 25.0 Å². The Balaban J connectivity index is 1.67. The molecule has 0 radical (unpaired) electrons. The summed E-state index contributed by atoms with van der Waals surface area (Å²) in [4.78, 5) is 26.2. The van der Waals surface area contributed by atoms with Gasteiger partial charge in [-0.05, 0) is 73.1 Å². The van der Waals surface area contributed by atoms with Gasteiger partial charge in [-0.15, -0.1) is 0 Å². The molecule has 1 saturated heterocycles. The Morgan fingerprint density at radius 1 is 1.09 bits per heavy atom. The molecule has 2 heterocycles. The van der Waals surface area contributed by atoms with Gasteiger partial charge in [-0.2, -0.15) is 0 Å². The van der Waals surface area contributed by atoms with Crippen molar-refractivity contribution in [3.63, 3.8) is 0 Å². The lowest BCUT2D eigenvalue weighted by atomic mass is 10.0. The Bertz CT molecular complexity index is 1520. The van der Waals surface area contributed by atoms with Crippen molar-refractivity contribution in [1.82, 2.24) is 9.47 Å². The summed E-state index contributed by atoms with van der Waals surface area (Å²) in [6, 6.07) is 21.8. The maximum absolute atomic E-state index is 13.0. The molecule has 1 aliphatic rings. The minimum absolute atomic E-state index is 0.0587. The minimum atomic E-state index is -0.872. The first kappa shape index (κ1) is 22.8. The zero-order chi connectivity index (χ0) is 24.7. The third-order valence-electron chi connectivity index (χ3n) is 6.32. The van der Waals surface area contributed by atoms with Crippen LogP contribution in [0, 0.1) is 0 Å². The van der Waals surface area contributed by atoms with E-state index in [2.05, 4.69) is 47.9 Å². The highest BCUT2D eigenvalue weighted by Gasteiger charge is 2.40. The number of amides is 1. The molecular weight excluding hydrogens is 460 g/mol. The first-order valence-corrected chi connectivity index (χ1v) is 11.8. The average molecular weight is 485 g/mol. The highest BCUT2D eigenvalue weighted by molar-refractivity contribution is 7.80. The highest BCUT2D eigenvalue weighted by Crippen LogP contribution is 2.36. The number of benzene rings is 3. The molecule has 1 unspecified atom stereocenters. The average Bonchev–Trinajstić information content (AvgIpc) is 3.36. The van der Waals surface area contributed by atoms with Gasteiger partial charge in [0.25, 0.3) is 11.1 Å². The van der Waals surface area contributed by atoms with Crippen LogP contribution in [0.2, 0.25) is 0 Å². The minimum Gasteiger partial charge on any atom is -0.467 e. The summed E-state index contributed by atoms with van der Waals surface area (Å²) in [7, 11) is 1.27. The Morgan fingerprint density at radius 2 is 1.80 bits per heavy atom. The van der Waals surface area contributed by atoms with Crippen LogP contribution in [-0.2, 0) is 25.5 Å². The maximum atomic E-state index is 13.0. The molecule has 6 nitrogen and oxygen atoms in total. The number of ether oxygens (including phenoxy) is 2. The molecule has 7 heteroatoms. The van der Waals surface area contributed by atoms with Gasteiger partial charge in [0.15, 0.2) is 5.76 Å². The summed E-state index contributed by atoms with van der Waals surface area (Å²) in [5.74, 6) is -0.939. The van der Waals surface area contributed by atoms with Crippen LogP contribution >= 0.6 is 12.2 Å².